The number of benzene rings is 2. The molecule has 0 spiro atoms. The molecule has 0 aliphatic carbocycles. The van der Waals surface area contributed by atoms with E-state index >= 15 is 0 Å². The molecule has 1 fully saturated rings. The maximum atomic E-state index is 13.5. The Hall–Kier alpha value is -3.20. The second-order valence-electron chi connectivity index (χ2n) is 5.51. The molecule has 0 atom stereocenters. The summed E-state index contributed by atoms with van der Waals surface area (Å²) < 4.78 is 13.5. The summed E-state index contributed by atoms with van der Waals surface area (Å²) in [6.07, 6.45) is 0. The van der Waals surface area contributed by atoms with Gasteiger partial charge in [-0.15, -0.1) is 10.2 Å². The Kier molecular flexibility index (Phi) is 3.92. The number of phenolic OH excluding ortho intramolecular Hbond substituents is 1. The molecule has 1 saturated heterocycles. The van der Waals surface area contributed by atoms with Crippen molar-refractivity contribution in [2.45, 2.75) is 0 Å². The second kappa shape index (κ2) is 6.26. The topological polar surface area (TPSA) is 94.4 Å². The Bertz CT molecular complexity index is 988. The van der Waals surface area contributed by atoms with Crippen LogP contribution in [0.25, 0.3) is 0 Å². The summed E-state index contributed by atoms with van der Waals surface area (Å²) in [5, 5.41) is 20.3. The van der Waals surface area contributed by atoms with Gasteiger partial charge in [0.05, 0.1) is 17.1 Å². The van der Waals surface area contributed by atoms with Crippen molar-refractivity contribution in [2.75, 3.05) is 16.0 Å². The number of phenols is 1. The number of carbonyl (C=O) groups excluding carboxylic acids is 2. The van der Waals surface area contributed by atoms with Crippen LogP contribution in [-0.4, -0.2) is 33.6 Å². The first-order valence-corrected chi connectivity index (χ1v) is 8.53. The first kappa shape index (κ1) is 16.3. The highest BCUT2D eigenvalue weighted by atomic mass is 32.2. The average molecular weight is 370 g/mol. The van der Waals surface area contributed by atoms with Gasteiger partial charge in [0.15, 0.2) is 10.9 Å². The molecular formula is C17H11FN4O3S. The molecule has 2 aromatic rings. The van der Waals surface area contributed by atoms with Crippen LogP contribution in [-0.2, 0) is 9.59 Å². The van der Waals surface area contributed by atoms with Crippen LogP contribution in [0, 0.1) is 5.82 Å². The van der Waals surface area contributed by atoms with Crippen LogP contribution in [0.3, 0.4) is 0 Å². The van der Waals surface area contributed by atoms with Crippen molar-refractivity contribution in [2.24, 2.45) is 10.2 Å². The van der Waals surface area contributed by atoms with Gasteiger partial charge in [0.1, 0.15) is 11.6 Å². The molecule has 0 saturated carbocycles. The molecule has 0 unspecified atom stereocenters. The molecule has 2 aliphatic heterocycles. The smallest absolute Gasteiger partial charge is 0.276 e. The van der Waals surface area contributed by atoms with Gasteiger partial charge < -0.3 is 10.4 Å². The number of halogens is 1. The van der Waals surface area contributed by atoms with Gasteiger partial charge in [-0.1, -0.05) is 11.8 Å². The molecule has 26 heavy (non-hydrogen) atoms. The van der Waals surface area contributed by atoms with E-state index in [1.165, 1.54) is 47.0 Å². The van der Waals surface area contributed by atoms with E-state index in [9.17, 15) is 19.1 Å². The minimum Gasteiger partial charge on any atom is -0.508 e. The van der Waals surface area contributed by atoms with Crippen LogP contribution >= 0.6 is 11.8 Å². The van der Waals surface area contributed by atoms with Crippen LogP contribution in [0.15, 0.2) is 52.7 Å². The minimum absolute atomic E-state index is 0.0161. The molecule has 9 heteroatoms. The molecule has 0 radical (unpaired) electrons. The number of hydrogen-bond acceptors (Lipinski definition) is 6. The Morgan fingerprint density at radius 3 is 2.65 bits per heavy atom. The summed E-state index contributed by atoms with van der Waals surface area (Å²) in [4.78, 5) is 25.6. The molecule has 2 aliphatic rings. The number of thioether (sulfide) groups is 1. The normalized spacial score (nSPS) is 19.3. The molecule has 2 N–H and O–H groups in total. The summed E-state index contributed by atoms with van der Waals surface area (Å²) in [6.45, 7) is 0. The SMILES string of the molecule is O=C1Nc2ccc(F)cc2/C1=N/N=C1/SCC(=O)N1c1ccc(O)cc1. The van der Waals surface area contributed by atoms with E-state index in [0.29, 0.717) is 22.1 Å². The van der Waals surface area contributed by atoms with Crippen LogP contribution in [0.4, 0.5) is 15.8 Å². The number of anilines is 2. The van der Waals surface area contributed by atoms with Crippen molar-refractivity contribution < 1.29 is 19.1 Å². The molecule has 0 bridgehead atoms. The van der Waals surface area contributed by atoms with Crippen LogP contribution in [0.1, 0.15) is 5.56 Å². The van der Waals surface area contributed by atoms with Gasteiger partial charge in [-0.2, -0.15) is 0 Å². The lowest BCUT2D eigenvalue weighted by Crippen LogP contribution is -2.29. The van der Waals surface area contributed by atoms with Crippen molar-refractivity contribution in [3.05, 3.63) is 53.8 Å². The van der Waals surface area contributed by atoms with Crippen LogP contribution in [0.2, 0.25) is 0 Å². The highest BCUT2D eigenvalue weighted by Gasteiger charge is 2.31. The molecule has 130 valence electrons. The second-order valence-corrected chi connectivity index (χ2v) is 6.45. The van der Waals surface area contributed by atoms with E-state index in [1.807, 2.05) is 0 Å². The highest BCUT2D eigenvalue weighted by Crippen LogP contribution is 2.29. The predicted octanol–water partition coefficient (Wildman–Crippen LogP) is 2.32. The van der Waals surface area contributed by atoms with E-state index in [2.05, 4.69) is 15.5 Å². The van der Waals surface area contributed by atoms with Crippen LogP contribution in [0.5, 0.6) is 5.75 Å². The van der Waals surface area contributed by atoms with E-state index in [-0.39, 0.29) is 23.1 Å². The Labute approximate surface area is 151 Å². The standard InChI is InChI=1S/C17H11FN4O3S/c18-9-1-6-13-12(7-9)15(16(25)19-13)20-21-17-22(14(24)8-26-17)10-2-4-11(23)5-3-10/h1-7,23H,8H2,(H,19,20,25)/b21-17+. The lowest BCUT2D eigenvalue weighted by Gasteiger charge is -2.15. The molecule has 4 rings (SSSR count). The fraction of sp³-hybridized carbons (Fsp3) is 0.0588. The van der Waals surface area contributed by atoms with Crippen molar-refractivity contribution >= 4 is 45.8 Å². The van der Waals surface area contributed by atoms with E-state index in [1.54, 1.807) is 12.1 Å². The molecule has 7 nitrogen and oxygen atoms in total. The van der Waals surface area contributed by atoms with Crippen LogP contribution < -0.4 is 10.2 Å². The predicted molar refractivity (Wildman–Crippen MR) is 97.1 cm³/mol. The molecule has 2 aromatic carbocycles. The number of aromatic hydroxyl groups is 1. The molecule has 0 aromatic heterocycles. The van der Waals surface area contributed by atoms with Crippen molar-refractivity contribution in [3.8, 4) is 5.75 Å². The third kappa shape index (κ3) is 2.82. The Balaban J connectivity index is 1.71. The number of carbonyl (C=O) groups is 2. The van der Waals surface area contributed by atoms with Crippen molar-refractivity contribution in [3.63, 3.8) is 0 Å². The van der Waals surface area contributed by atoms with Gasteiger partial charge in [0.2, 0.25) is 5.91 Å². The molecular weight excluding hydrogens is 359 g/mol. The number of amidine groups is 1. The first-order chi connectivity index (χ1) is 12.5. The summed E-state index contributed by atoms with van der Waals surface area (Å²) in [6, 6.07) is 9.97. The maximum Gasteiger partial charge on any atom is 0.276 e. The number of hydrogen-bond donors (Lipinski definition) is 2. The minimum atomic E-state index is -0.489. The molecule has 2 amide bonds. The fourth-order valence-electron chi connectivity index (χ4n) is 2.61. The Morgan fingerprint density at radius 2 is 1.88 bits per heavy atom. The number of fused-ring (bicyclic) bond motifs is 1. The number of nitrogens with one attached hydrogen (secondary N) is 1. The van der Waals surface area contributed by atoms with E-state index < -0.39 is 11.7 Å². The van der Waals surface area contributed by atoms with E-state index in [4.69, 9.17) is 0 Å². The first-order valence-electron chi connectivity index (χ1n) is 7.54. The lowest BCUT2D eigenvalue weighted by atomic mass is 10.1. The van der Waals surface area contributed by atoms with Gasteiger partial charge in [0, 0.05) is 5.56 Å². The zero-order chi connectivity index (χ0) is 18.3. The summed E-state index contributed by atoms with van der Waals surface area (Å²) >= 11 is 1.18. The zero-order valence-electron chi connectivity index (χ0n) is 13.1. The van der Waals surface area contributed by atoms with Gasteiger partial charge in [-0.3, -0.25) is 14.5 Å². The number of amides is 2. The van der Waals surface area contributed by atoms with Crippen molar-refractivity contribution in [1.82, 2.24) is 0 Å². The molecule has 2 heterocycles. The summed E-state index contributed by atoms with van der Waals surface area (Å²) in [5.41, 5.74) is 1.29. The van der Waals surface area contributed by atoms with Gasteiger partial charge in [0.25, 0.3) is 5.91 Å². The average Bonchev–Trinajstić information content (AvgIpc) is 3.13. The third-order valence-electron chi connectivity index (χ3n) is 3.81. The Morgan fingerprint density at radius 1 is 1.12 bits per heavy atom. The quantitative estimate of drug-likeness (QED) is 0.794. The van der Waals surface area contributed by atoms with Gasteiger partial charge in [-0.25, -0.2) is 4.39 Å². The monoisotopic (exact) mass is 370 g/mol. The third-order valence-corrected chi connectivity index (χ3v) is 4.72. The summed E-state index contributed by atoms with van der Waals surface area (Å²) in [5.74, 6) is -0.908. The van der Waals surface area contributed by atoms with Gasteiger partial charge >= 0.3 is 0 Å². The fourth-order valence-corrected chi connectivity index (χ4v) is 3.43. The zero-order valence-corrected chi connectivity index (χ0v) is 14.0. The lowest BCUT2D eigenvalue weighted by molar-refractivity contribution is -0.115. The highest BCUT2D eigenvalue weighted by molar-refractivity contribution is 8.15. The summed E-state index contributed by atoms with van der Waals surface area (Å²) in [7, 11) is 0. The van der Waals surface area contributed by atoms with Crippen molar-refractivity contribution in [1.29, 1.82) is 0 Å². The largest absolute Gasteiger partial charge is 0.508 e. The van der Waals surface area contributed by atoms with E-state index in [0.717, 1.165) is 0 Å². The maximum absolute atomic E-state index is 13.5. The number of rotatable bonds is 2. The number of nitrogens with zero attached hydrogens (tertiary/aromatic N) is 3. The van der Waals surface area contributed by atoms with Gasteiger partial charge in [-0.05, 0) is 42.5 Å².